The molecule has 0 aliphatic rings. The molecule has 0 N–H and O–H groups in total. The normalized spacial score (nSPS) is 10.9. The molecule has 0 amide bonds. The molecule has 2 aromatic carbocycles. The van der Waals surface area contributed by atoms with Crippen molar-refractivity contribution >= 4 is 127 Å². The molecule has 0 aromatic heterocycles. The van der Waals surface area contributed by atoms with E-state index in [9.17, 15) is 0 Å². The maximum Gasteiger partial charge on any atom is 0.158 e. The molecule has 0 spiro atoms. The Bertz CT molecular complexity index is 699. The first-order chi connectivity index (χ1) is 9.73. The van der Waals surface area contributed by atoms with Crippen molar-refractivity contribution in [2.45, 2.75) is 0 Å². The number of halogens is 8. The van der Waals surface area contributed by atoms with Gasteiger partial charge in [0.1, 0.15) is 5.75 Å². The van der Waals surface area contributed by atoms with Crippen molar-refractivity contribution in [2.75, 3.05) is 0 Å². The lowest BCUT2D eigenvalue weighted by Crippen LogP contribution is -1.92. The van der Waals surface area contributed by atoms with Crippen molar-refractivity contribution in [1.82, 2.24) is 0 Å². The van der Waals surface area contributed by atoms with E-state index < -0.39 is 0 Å². The van der Waals surface area contributed by atoms with Crippen LogP contribution in [0.5, 0.6) is 11.5 Å². The van der Waals surface area contributed by atoms with Crippen molar-refractivity contribution in [3.05, 3.63) is 47.9 Å². The predicted octanol–water partition coefficient (Wildman–Crippen LogP) is 9.58. The lowest BCUT2D eigenvalue weighted by atomic mass is 10.3. The Morgan fingerprint density at radius 3 is 1.48 bits per heavy atom. The molecular weight excluding hydrogens is 799 g/mol. The second-order valence-corrected chi connectivity index (χ2v) is 10.2. The largest absolute Gasteiger partial charge is 0.454 e. The van der Waals surface area contributed by atoms with E-state index in [1.807, 2.05) is 12.1 Å². The first-order valence-corrected chi connectivity index (χ1v) is 11.4. The molecule has 0 radical (unpaired) electrons. The smallest absolute Gasteiger partial charge is 0.158 e. The average Bonchev–Trinajstić information content (AvgIpc) is 2.44. The minimum absolute atomic E-state index is 0.659. The molecule has 0 unspecified atom stereocenters. The molecule has 21 heavy (non-hydrogen) atoms. The van der Waals surface area contributed by atoms with E-state index in [-0.39, 0.29) is 0 Å². The number of benzene rings is 2. The van der Waals surface area contributed by atoms with Crippen molar-refractivity contribution in [3.8, 4) is 11.5 Å². The molecule has 1 nitrogen and oxygen atoms in total. The highest BCUT2D eigenvalue weighted by molar-refractivity contribution is 9.16. The Balaban J connectivity index is 2.58. The second-order valence-electron chi connectivity index (χ2n) is 3.70. The van der Waals surface area contributed by atoms with Crippen LogP contribution in [0, 0.1) is 0 Å². The first kappa shape index (κ1) is 19.4. The fourth-order valence-corrected chi connectivity index (χ4v) is 5.94. The summed E-state index contributed by atoms with van der Waals surface area (Å²) in [6, 6.07) is 3.81. The summed E-state index contributed by atoms with van der Waals surface area (Å²) < 4.78 is 13.0. The highest BCUT2D eigenvalue weighted by Crippen LogP contribution is 2.50. The lowest BCUT2D eigenvalue weighted by molar-refractivity contribution is 0.472. The lowest BCUT2D eigenvalue weighted by Gasteiger charge is -2.16. The minimum Gasteiger partial charge on any atom is -0.454 e. The fraction of sp³-hybridized carbons (Fsp3) is 0. The maximum atomic E-state index is 6.05. The van der Waals surface area contributed by atoms with Crippen LogP contribution in [0.15, 0.2) is 47.9 Å². The zero-order valence-electron chi connectivity index (χ0n) is 9.59. The zero-order chi connectivity index (χ0) is 15.9. The molecular formula is C12H2Br8O. The summed E-state index contributed by atoms with van der Waals surface area (Å²) in [5.41, 5.74) is 0. The Morgan fingerprint density at radius 2 is 0.952 bits per heavy atom. The summed E-state index contributed by atoms with van der Waals surface area (Å²) >= 11 is 28.1. The standard InChI is InChI=1S/C12H2Br8O/c13-3-1-5(15)6(2-4(3)14)21-12-10(19)8(17)7(16)9(18)11(12)20/h1-2H. The van der Waals surface area contributed by atoms with Crippen molar-refractivity contribution < 1.29 is 4.74 Å². The van der Waals surface area contributed by atoms with Crippen LogP contribution in [-0.4, -0.2) is 0 Å². The predicted molar refractivity (Wildman–Crippen MR) is 115 cm³/mol. The van der Waals surface area contributed by atoms with Gasteiger partial charge in [0.2, 0.25) is 0 Å². The Kier molecular flexibility index (Phi) is 7.37. The summed E-state index contributed by atoms with van der Waals surface area (Å²) in [5.74, 6) is 1.35. The van der Waals surface area contributed by atoms with Crippen LogP contribution in [0.25, 0.3) is 0 Å². The highest BCUT2D eigenvalue weighted by atomic mass is 79.9. The molecule has 9 heteroatoms. The molecule has 2 aromatic rings. The zero-order valence-corrected chi connectivity index (χ0v) is 22.3. The van der Waals surface area contributed by atoms with Gasteiger partial charge >= 0.3 is 0 Å². The van der Waals surface area contributed by atoms with Crippen LogP contribution in [0.2, 0.25) is 0 Å². The van der Waals surface area contributed by atoms with E-state index in [4.69, 9.17) is 4.74 Å². The fourth-order valence-electron chi connectivity index (χ4n) is 1.37. The van der Waals surface area contributed by atoms with Gasteiger partial charge in [-0.05, 0) is 140 Å². The molecule has 112 valence electrons. The SMILES string of the molecule is Brc1cc(Br)c(Oc2c(Br)c(Br)c(Br)c(Br)c2Br)cc1Br. The van der Waals surface area contributed by atoms with E-state index in [1.165, 1.54) is 0 Å². The number of hydrogen-bond donors (Lipinski definition) is 0. The quantitative estimate of drug-likeness (QED) is 0.217. The van der Waals surface area contributed by atoms with Crippen molar-refractivity contribution in [2.24, 2.45) is 0 Å². The topological polar surface area (TPSA) is 9.23 Å². The van der Waals surface area contributed by atoms with Gasteiger partial charge < -0.3 is 4.74 Å². The highest BCUT2D eigenvalue weighted by Gasteiger charge is 2.20. The molecule has 0 aliphatic heterocycles. The summed E-state index contributed by atoms with van der Waals surface area (Å²) in [5, 5.41) is 0. The van der Waals surface area contributed by atoms with Gasteiger partial charge in [0, 0.05) is 13.4 Å². The summed E-state index contributed by atoms with van der Waals surface area (Å²) in [7, 11) is 0. The van der Waals surface area contributed by atoms with Gasteiger partial charge in [0.15, 0.2) is 5.75 Å². The van der Waals surface area contributed by atoms with E-state index in [2.05, 4.69) is 127 Å². The van der Waals surface area contributed by atoms with Gasteiger partial charge in [-0.1, -0.05) is 0 Å². The second kappa shape index (κ2) is 7.97. The molecule has 2 rings (SSSR count). The molecule has 0 bridgehead atoms. The van der Waals surface area contributed by atoms with Gasteiger partial charge in [0.25, 0.3) is 0 Å². The number of hydrogen-bond acceptors (Lipinski definition) is 1. The molecule has 0 atom stereocenters. The number of rotatable bonds is 2. The molecule has 0 saturated heterocycles. The van der Waals surface area contributed by atoms with E-state index in [1.54, 1.807) is 0 Å². The number of ether oxygens (including phenoxy) is 1. The summed E-state index contributed by atoms with van der Waals surface area (Å²) in [6.45, 7) is 0. The van der Waals surface area contributed by atoms with Crippen molar-refractivity contribution in [1.29, 1.82) is 0 Å². The van der Waals surface area contributed by atoms with Crippen LogP contribution in [0.1, 0.15) is 0 Å². The van der Waals surface area contributed by atoms with Crippen LogP contribution in [-0.2, 0) is 0 Å². The molecule has 0 heterocycles. The van der Waals surface area contributed by atoms with Crippen molar-refractivity contribution in [3.63, 3.8) is 0 Å². The third-order valence-electron chi connectivity index (χ3n) is 2.36. The third-order valence-corrected chi connectivity index (χ3v) is 10.8. The third kappa shape index (κ3) is 4.19. The van der Waals surface area contributed by atoms with Crippen LogP contribution in [0.4, 0.5) is 0 Å². The molecule has 0 saturated carbocycles. The van der Waals surface area contributed by atoms with Gasteiger partial charge in [-0.3, -0.25) is 0 Å². The molecule has 0 fully saturated rings. The van der Waals surface area contributed by atoms with Crippen LogP contribution in [0.3, 0.4) is 0 Å². The van der Waals surface area contributed by atoms with Gasteiger partial charge in [-0.2, -0.15) is 0 Å². The van der Waals surface area contributed by atoms with Gasteiger partial charge in [-0.25, -0.2) is 0 Å². The Labute approximate surface area is 189 Å². The first-order valence-electron chi connectivity index (χ1n) is 5.07. The minimum atomic E-state index is 0.659. The van der Waals surface area contributed by atoms with Crippen LogP contribution < -0.4 is 4.74 Å². The maximum absolute atomic E-state index is 6.05. The average molecular weight is 801 g/mol. The van der Waals surface area contributed by atoms with Gasteiger partial charge in [-0.15, -0.1) is 0 Å². The van der Waals surface area contributed by atoms with E-state index in [0.29, 0.717) is 11.5 Å². The summed E-state index contributed by atoms with van der Waals surface area (Å²) in [4.78, 5) is 0. The van der Waals surface area contributed by atoms with E-state index in [0.717, 1.165) is 35.8 Å². The monoisotopic (exact) mass is 793 g/mol. The molecule has 0 aliphatic carbocycles. The Hall–Kier alpha value is 2.08. The Morgan fingerprint density at radius 1 is 0.524 bits per heavy atom. The summed E-state index contributed by atoms with van der Waals surface area (Å²) in [6.07, 6.45) is 0. The van der Waals surface area contributed by atoms with Crippen LogP contribution >= 0.6 is 127 Å². The van der Waals surface area contributed by atoms with E-state index >= 15 is 0 Å². The van der Waals surface area contributed by atoms with Gasteiger partial charge in [0.05, 0.1) is 22.4 Å².